The second kappa shape index (κ2) is 5.31. The van der Waals surface area contributed by atoms with Gasteiger partial charge in [-0.15, -0.1) is 0 Å². The van der Waals surface area contributed by atoms with E-state index in [2.05, 4.69) is 9.47 Å². The molecule has 6 N–H and O–H groups in total. The second-order valence-corrected chi connectivity index (χ2v) is 4.15. The van der Waals surface area contributed by atoms with E-state index in [9.17, 15) is 23.4 Å². The van der Waals surface area contributed by atoms with Crippen LogP contribution in [0, 0.1) is 0 Å². The average Bonchev–Trinajstić information content (AvgIpc) is 2.34. The van der Waals surface area contributed by atoms with Gasteiger partial charge in [0, 0.05) is 0 Å². The number of benzene rings is 1. The third-order valence-electron chi connectivity index (χ3n) is 2.72. The third-order valence-corrected chi connectivity index (χ3v) is 2.72. The molecule has 0 fully saturated rings. The van der Waals surface area contributed by atoms with Crippen molar-refractivity contribution in [2.24, 2.45) is 5.73 Å². The molecule has 0 aliphatic carbocycles. The van der Waals surface area contributed by atoms with Gasteiger partial charge < -0.3 is 29.9 Å². The van der Waals surface area contributed by atoms with Crippen LogP contribution in [0.3, 0.4) is 0 Å². The molecule has 7 nitrogen and oxygen atoms in total. The minimum atomic E-state index is -4.80. The first kappa shape index (κ1) is 17.5. The Bertz CT molecular complexity index is 524. The molecule has 1 aromatic carbocycles. The summed E-state index contributed by atoms with van der Waals surface area (Å²) >= 11 is 0. The molecule has 0 saturated carbocycles. The lowest BCUT2D eigenvalue weighted by molar-refractivity contribution is -0.363. The molecule has 0 radical (unpaired) electrons. The van der Waals surface area contributed by atoms with Crippen LogP contribution in [-0.4, -0.2) is 40.6 Å². The predicted octanol–water partition coefficient (Wildman–Crippen LogP) is -0.543. The van der Waals surface area contributed by atoms with Crippen LogP contribution in [-0.2, 0) is 12.0 Å². The largest absolute Gasteiger partial charge is 0.496 e. The highest BCUT2D eigenvalue weighted by Gasteiger charge is 2.49. The first-order valence-electron chi connectivity index (χ1n) is 5.38. The Hall–Kier alpha value is -1.59. The molecule has 120 valence electrons. The van der Waals surface area contributed by atoms with Crippen LogP contribution >= 0.6 is 0 Å². The fraction of sp³-hybridized carbons (Fsp3) is 0.455. The van der Waals surface area contributed by atoms with Gasteiger partial charge in [0.2, 0.25) is 0 Å². The number of alkyl halides is 3. The Morgan fingerprint density at radius 1 is 0.905 bits per heavy atom. The molecule has 0 bridgehead atoms. The van der Waals surface area contributed by atoms with Gasteiger partial charge in [-0.3, -0.25) is 5.73 Å². The van der Waals surface area contributed by atoms with Crippen LogP contribution in [0.25, 0.3) is 0 Å². The Kier molecular flexibility index (Phi) is 4.42. The summed E-state index contributed by atoms with van der Waals surface area (Å²) in [6.45, 7) is 0. The Labute approximate surface area is 116 Å². The zero-order chi connectivity index (χ0) is 16.6. The van der Waals surface area contributed by atoms with Gasteiger partial charge in [0.05, 0.1) is 19.8 Å². The Balaban J connectivity index is 3.63. The third kappa shape index (κ3) is 3.19. The number of ether oxygens (including phenoxy) is 2. The summed E-state index contributed by atoms with van der Waals surface area (Å²) in [4.78, 5) is 0. The minimum absolute atomic E-state index is 0.418. The first-order chi connectivity index (χ1) is 9.36. The molecule has 1 aromatic rings. The molecule has 0 aliphatic heterocycles. The maximum Gasteiger partial charge on any atom is 0.420 e. The van der Waals surface area contributed by atoms with E-state index in [0.717, 1.165) is 14.2 Å². The van der Waals surface area contributed by atoms with Crippen LogP contribution in [0.2, 0.25) is 0 Å². The lowest BCUT2D eigenvalue weighted by Gasteiger charge is -2.33. The predicted molar refractivity (Wildman–Crippen MR) is 62.0 cm³/mol. The molecule has 21 heavy (non-hydrogen) atoms. The van der Waals surface area contributed by atoms with Crippen LogP contribution in [0.1, 0.15) is 11.1 Å². The zero-order valence-corrected chi connectivity index (χ0v) is 11.0. The standard InChI is InChI=1S/C11H14F3NO6/c1-20-7-4-6(10(12,13)14)8(21-2)3-5(7)9(16,17)11(15,18)19/h3-4,16-19H,15H2,1-2H3. The normalized spacial score (nSPS) is 13.2. The van der Waals surface area contributed by atoms with Crippen molar-refractivity contribution in [1.29, 1.82) is 0 Å². The summed E-state index contributed by atoms with van der Waals surface area (Å²) in [6, 6.07) is 0.955. The van der Waals surface area contributed by atoms with Gasteiger partial charge >= 0.3 is 6.18 Å². The van der Waals surface area contributed by atoms with Gasteiger partial charge in [-0.2, -0.15) is 13.2 Å². The molecule has 0 saturated heterocycles. The van der Waals surface area contributed by atoms with Crippen molar-refractivity contribution in [2.75, 3.05) is 14.2 Å². The van der Waals surface area contributed by atoms with E-state index in [1.54, 1.807) is 0 Å². The van der Waals surface area contributed by atoms with Gasteiger partial charge in [-0.25, -0.2) is 0 Å². The molecule has 0 spiro atoms. The average molecular weight is 313 g/mol. The van der Waals surface area contributed by atoms with E-state index in [0.29, 0.717) is 12.1 Å². The Morgan fingerprint density at radius 2 is 1.29 bits per heavy atom. The number of aliphatic hydroxyl groups is 4. The summed E-state index contributed by atoms with van der Waals surface area (Å²) in [7, 11) is 1.87. The molecule has 0 amide bonds. The molecule has 0 heterocycles. The van der Waals surface area contributed by atoms with Gasteiger partial charge in [0.25, 0.3) is 11.7 Å². The highest BCUT2D eigenvalue weighted by atomic mass is 19.4. The van der Waals surface area contributed by atoms with Crippen LogP contribution in [0.4, 0.5) is 13.2 Å². The van der Waals surface area contributed by atoms with Crippen molar-refractivity contribution in [1.82, 2.24) is 0 Å². The van der Waals surface area contributed by atoms with Gasteiger partial charge in [0.1, 0.15) is 17.1 Å². The summed E-state index contributed by atoms with van der Waals surface area (Å²) < 4.78 is 47.6. The maximum atomic E-state index is 12.8. The molecular formula is C11H14F3NO6. The Morgan fingerprint density at radius 3 is 1.62 bits per heavy atom. The molecular weight excluding hydrogens is 299 g/mol. The molecule has 0 aliphatic rings. The van der Waals surface area contributed by atoms with Crippen molar-refractivity contribution >= 4 is 0 Å². The lowest BCUT2D eigenvalue weighted by atomic mass is 9.98. The van der Waals surface area contributed by atoms with E-state index in [1.807, 2.05) is 0 Å². The summed E-state index contributed by atoms with van der Waals surface area (Å²) in [6.07, 6.45) is -4.80. The van der Waals surface area contributed by atoms with Gasteiger partial charge in [0.15, 0.2) is 0 Å². The monoisotopic (exact) mass is 313 g/mol. The van der Waals surface area contributed by atoms with Crippen LogP contribution in [0.15, 0.2) is 12.1 Å². The molecule has 0 unspecified atom stereocenters. The van der Waals surface area contributed by atoms with E-state index >= 15 is 0 Å². The van der Waals surface area contributed by atoms with Crippen molar-refractivity contribution in [3.8, 4) is 11.5 Å². The first-order valence-corrected chi connectivity index (χ1v) is 5.38. The number of hydrogen-bond acceptors (Lipinski definition) is 7. The van der Waals surface area contributed by atoms with Crippen molar-refractivity contribution in [2.45, 2.75) is 17.9 Å². The van der Waals surface area contributed by atoms with Crippen molar-refractivity contribution < 1.29 is 43.1 Å². The smallest absolute Gasteiger partial charge is 0.420 e. The molecule has 1 rings (SSSR count). The van der Waals surface area contributed by atoms with Crippen LogP contribution in [0.5, 0.6) is 11.5 Å². The number of hydrogen-bond donors (Lipinski definition) is 5. The van der Waals surface area contributed by atoms with E-state index in [1.165, 1.54) is 0 Å². The van der Waals surface area contributed by atoms with E-state index in [-0.39, 0.29) is 0 Å². The van der Waals surface area contributed by atoms with Crippen molar-refractivity contribution in [3.05, 3.63) is 23.3 Å². The van der Waals surface area contributed by atoms with Crippen molar-refractivity contribution in [3.63, 3.8) is 0 Å². The second-order valence-electron chi connectivity index (χ2n) is 4.15. The van der Waals surface area contributed by atoms with Gasteiger partial charge in [-0.1, -0.05) is 0 Å². The molecule has 0 atom stereocenters. The topological polar surface area (TPSA) is 125 Å². The fourth-order valence-electron chi connectivity index (χ4n) is 1.59. The summed E-state index contributed by atoms with van der Waals surface area (Å²) in [5.74, 6) is -8.51. The number of halogens is 3. The molecule has 0 aromatic heterocycles. The van der Waals surface area contributed by atoms with Gasteiger partial charge in [-0.05, 0) is 12.1 Å². The van der Waals surface area contributed by atoms with E-state index in [4.69, 9.17) is 15.9 Å². The SMILES string of the molecule is COc1cc(C(O)(O)C(N)(O)O)c(OC)cc1C(F)(F)F. The summed E-state index contributed by atoms with van der Waals surface area (Å²) in [5.41, 5.74) is 2.71. The highest BCUT2D eigenvalue weighted by molar-refractivity contribution is 5.50. The number of rotatable bonds is 4. The lowest BCUT2D eigenvalue weighted by Crippen LogP contribution is -2.58. The van der Waals surface area contributed by atoms with Crippen LogP contribution < -0.4 is 15.2 Å². The highest BCUT2D eigenvalue weighted by Crippen LogP contribution is 2.43. The number of methoxy groups -OCH3 is 2. The minimum Gasteiger partial charge on any atom is -0.496 e. The maximum absolute atomic E-state index is 12.8. The zero-order valence-electron chi connectivity index (χ0n) is 11.0. The fourth-order valence-corrected chi connectivity index (χ4v) is 1.59. The quantitative estimate of drug-likeness (QED) is 0.473. The number of nitrogens with two attached hydrogens (primary N) is 1. The van der Waals surface area contributed by atoms with E-state index < -0.39 is 40.5 Å². The summed E-state index contributed by atoms with van der Waals surface area (Å²) in [5, 5.41) is 37.6. The molecule has 10 heteroatoms.